The summed E-state index contributed by atoms with van der Waals surface area (Å²) in [6, 6.07) is 0. The Balaban J connectivity index is 2.60. The van der Waals surface area contributed by atoms with E-state index in [4.69, 9.17) is 4.74 Å². The molecule has 0 atom stereocenters. The number of ether oxygens (including phenoxy) is 1. The largest absolute Gasteiger partial charge is 0.481 e. The number of carbonyl (C=O) groups is 2. The molecule has 1 heterocycles. The van der Waals surface area contributed by atoms with Gasteiger partial charge >= 0.3 is 11.9 Å². The SMILES string of the molecule is CCOC(=O)CCS(=O)(=O)N1CCC(CC)(C(=O)O)CC1. The topological polar surface area (TPSA) is 101 Å². The highest BCUT2D eigenvalue weighted by molar-refractivity contribution is 7.89. The number of aliphatic carboxylic acids is 1. The summed E-state index contributed by atoms with van der Waals surface area (Å²) in [7, 11) is -3.54. The van der Waals surface area contributed by atoms with Crippen LogP contribution in [0, 0.1) is 5.41 Å². The third kappa shape index (κ3) is 4.41. The fourth-order valence-corrected chi connectivity index (χ4v) is 3.91. The van der Waals surface area contributed by atoms with Crippen LogP contribution in [0.15, 0.2) is 0 Å². The quantitative estimate of drug-likeness (QED) is 0.698. The smallest absolute Gasteiger partial charge is 0.309 e. The van der Waals surface area contributed by atoms with Crippen molar-refractivity contribution in [2.75, 3.05) is 25.4 Å². The van der Waals surface area contributed by atoms with Crippen molar-refractivity contribution < 1.29 is 27.9 Å². The third-order valence-electron chi connectivity index (χ3n) is 4.07. The molecule has 0 spiro atoms. The van der Waals surface area contributed by atoms with E-state index in [0.29, 0.717) is 19.3 Å². The molecule has 1 aliphatic rings. The molecular formula is C13H23NO6S. The van der Waals surface area contributed by atoms with Crippen LogP contribution in [-0.2, 0) is 24.3 Å². The number of carboxylic acid groups (broad SMARTS) is 1. The molecule has 0 aliphatic carbocycles. The number of hydrogen-bond donors (Lipinski definition) is 1. The fourth-order valence-electron chi connectivity index (χ4n) is 2.49. The van der Waals surface area contributed by atoms with Crippen LogP contribution in [0.1, 0.15) is 39.5 Å². The molecule has 0 saturated carbocycles. The van der Waals surface area contributed by atoms with E-state index in [2.05, 4.69) is 0 Å². The van der Waals surface area contributed by atoms with Gasteiger partial charge in [-0.15, -0.1) is 0 Å². The Hall–Kier alpha value is -1.15. The van der Waals surface area contributed by atoms with Crippen LogP contribution >= 0.6 is 0 Å². The minimum absolute atomic E-state index is 0.176. The van der Waals surface area contributed by atoms with Gasteiger partial charge in [0.1, 0.15) is 0 Å². The minimum atomic E-state index is -3.54. The van der Waals surface area contributed by atoms with Crippen molar-refractivity contribution >= 4 is 22.0 Å². The zero-order valence-corrected chi connectivity index (χ0v) is 13.3. The highest BCUT2D eigenvalue weighted by atomic mass is 32.2. The van der Waals surface area contributed by atoms with Gasteiger partial charge < -0.3 is 9.84 Å². The summed E-state index contributed by atoms with van der Waals surface area (Å²) in [5.74, 6) is -1.70. The molecule has 1 fully saturated rings. The molecule has 0 amide bonds. The van der Waals surface area contributed by atoms with Crippen molar-refractivity contribution in [3.63, 3.8) is 0 Å². The first-order valence-electron chi connectivity index (χ1n) is 7.14. The molecule has 0 radical (unpaired) electrons. The molecule has 122 valence electrons. The lowest BCUT2D eigenvalue weighted by Crippen LogP contribution is -2.47. The number of carboxylic acids is 1. The van der Waals surface area contributed by atoms with E-state index >= 15 is 0 Å². The number of sulfonamides is 1. The summed E-state index contributed by atoms with van der Waals surface area (Å²) in [4.78, 5) is 22.5. The summed E-state index contributed by atoms with van der Waals surface area (Å²) >= 11 is 0. The number of hydrogen-bond acceptors (Lipinski definition) is 5. The molecule has 0 bridgehead atoms. The second-order valence-electron chi connectivity index (χ2n) is 5.21. The van der Waals surface area contributed by atoms with Crippen LogP contribution in [0.2, 0.25) is 0 Å². The summed E-state index contributed by atoms with van der Waals surface area (Å²) in [6.45, 7) is 4.06. The second kappa shape index (κ2) is 7.22. The van der Waals surface area contributed by atoms with Crippen LogP contribution in [0.3, 0.4) is 0 Å². The third-order valence-corrected chi connectivity index (χ3v) is 5.94. The number of esters is 1. The highest BCUT2D eigenvalue weighted by Crippen LogP contribution is 2.36. The van der Waals surface area contributed by atoms with Gasteiger partial charge in [0, 0.05) is 13.1 Å². The van der Waals surface area contributed by atoms with Crippen LogP contribution in [-0.4, -0.2) is 55.2 Å². The Morgan fingerprint density at radius 3 is 2.24 bits per heavy atom. The summed E-state index contributed by atoms with van der Waals surface area (Å²) in [5.41, 5.74) is -0.826. The van der Waals surface area contributed by atoms with Gasteiger partial charge in [-0.05, 0) is 26.2 Å². The number of rotatable bonds is 7. The van der Waals surface area contributed by atoms with E-state index in [9.17, 15) is 23.1 Å². The van der Waals surface area contributed by atoms with Crippen molar-refractivity contribution in [2.45, 2.75) is 39.5 Å². The van der Waals surface area contributed by atoms with Crippen molar-refractivity contribution in [3.05, 3.63) is 0 Å². The van der Waals surface area contributed by atoms with Crippen LogP contribution in [0.25, 0.3) is 0 Å². The van der Waals surface area contributed by atoms with Gasteiger partial charge in [0.25, 0.3) is 0 Å². The maximum atomic E-state index is 12.1. The van der Waals surface area contributed by atoms with Gasteiger partial charge in [-0.2, -0.15) is 0 Å². The Kier molecular flexibility index (Phi) is 6.15. The van der Waals surface area contributed by atoms with E-state index in [1.807, 2.05) is 0 Å². The zero-order valence-electron chi connectivity index (χ0n) is 12.5. The summed E-state index contributed by atoms with van der Waals surface area (Å²) in [6.07, 6.45) is 0.915. The number of nitrogens with zero attached hydrogens (tertiary/aromatic N) is 1. The monoisotopic (exact) mass is 321 g/mol. The maximum Gasteiger partial charge on any atom is 0.309 e. The van der Waals surface area contributed by atoms with Gasteiger partial charge in [0.15, 0.2) is 0 Å². The van der Waals surface area contributed by atoms with Crippen LogP contribution < -0.4 is 0 Å². The van der Waals surface area contributed by atoms with Gasteiger partial charge in [0.05, 0.1) is 24.2 Å². The van der Waals surface area contributed by atoms with Gasteiger partial charge in [-0.25, -0.2) is 12.7 Å². The Morgan fingerprint density at radius 2 is 1.81 bits per heavy atom. The fraction of sp³-hybridized carbons (Fsp3) is 0.846. The predicted octanol–water partition coefficient (Wildman–Crippen LogP) is 0.846. The lowest BCUT2D eigenvalue weighted by molar-refractivity contribution is -0.151. The summed E-state index contributed by atoms with van der Waals surface area (Å²) in [5, 5.41) is 9.28. The lowest BCUT2D eigenvalue weighted by Gasteiger charge is -2.37. The van der Waals surface area contributed by atoms with Crippen LogP contribution in [0.4, 0.5) is 0 Å². The molecule has 8 heteroatoms. The molecule has 7 nitrogen and oxygen atoms in total. The van der Waals surface area contributed by atoms with Crippen molar-refractivity contribution in [1.29, 1.82) is 0 Å². The second-order valence-corrected chi connectivity index (χ2v) is 7.30. The Bertz CT molecular complexity index is 479. The molecule has 0 aromatic rings. The van der Waals surface area contributed by atoms with Gasteiger partial charge in [-0.3, -0.25) is 9.59 Å². The first-order chi connectivity index (χ1) is 9.77. The first kappa shape index (κ1) is 17.9. The molecule has 0 aromatic carbocycles. The molecule has 1 rings (SSSR count). The average Bonchev–Trinajstić information content (AvgIpc) is 2.45. The lowest BCUT2D eigenvalue weighted by atomic mass is 9.77. The van der Waals surface area contributed by atoms with Crippen molar-refractivity contribution in [2.24, 2.45) is 5.41 Å². The minimum Gasteiger partial charge on any atom is -0.481 e. The van der Waals surface area contributed by atoms with Crippen LogP contribution in [0.5, 0.6) is 0 Å². The van der Waals surface area contributed by atoms with Gasteiger partial charge in [0.2, 0.25) is 10.0 Å². The number of carbonyl (C=O) groups excluding carboxylic acids is 1. The zero-order chi connectivity index (χ0) is 16.1. The number of piperidine rings is 1. The summed E-state index contributed by atoms with van der Waals surface area (Å²) < 4.78 is 30.3. The predicted molar refractivity (Wildman–Crippen MR) is 76.2 cm³/mol. The van der Waals surface area contributed by atoms with E-state index in [0.717, 1.165) is 0 Å². The average molecular weight is 321 g/mol. The molecular weight excluding hydrogens is 298 g/mol. The first-order valence-corrected chi connectivity index (χ1v) is 8.75. The van der Waals surface area contributed by atoms with Gasteiger partial charge in [-0.1, -0.05) is 6.92 Å². The molecule has 0 unspecified atom stereocenters. The Morgan fingerprint density at radius 1 is 1.24 bits per heavy atom. The van der Waals surface area contributed by atoms with Crippen molar-refractivity contribution in [3.8, 4) is 0 Å². The van der Waals surface area contributed by atoms with E-state index < -0.39 is 27.4 Å². The molecule has 1 saturated heterocycles. The normalized spacial score (nSPS) is 19.1. The standard InChI is InChI=1S/C13H23NO6S/c1-3-13(12(16)17)6-8-14(9-7-13)21(18,19)10-5-11(15)20-4-2/h3-10H2,1-2H3,(H,16,17). The molecule has 1 N–H and O–H groups in total. The highest BCUT2D eigenvalue weighted by Gasteiger charge is 2.42. The van der Waals surface area contributed by atoms with E-state index in [-0.39, 0.29) is 31.9 Å². The molecule has 1 aliphatic heterocycles. The molecule has 0 aromatic heterocycles. The van der Waals surface area contributed by atoms with E-state index in [1.54, 1.807) is 13.8 Å². The van der Waals surface area contributed by atoms with E-state index in [1.165, 1.54) is 4.31 Å². The Labute approximate surface area is 125 Å². The maximum absolute atomic E-state index is 12.1. The van der Waals surface area contributed by atoms with Crippen molar-refractivity contribution in [1.82, 2.24) is 4.31 Å². The molecule has 21 heavy (non-hydrogen) atoms.